The Morgan fingerprint density at radius 3 is 2.43 bits per heavy atom. The van der Waals surface area contributed by atoms with Gasteiger partial charge in [-0.15, -0.1) is 0 Å². The molecular weight excluding hydrogens is 352 g/mol. The van der Waals surface area contributed by atoms with Crippen molar-refractivity contribution in [1.29, 1.82) is 0 Å². The summed E-state index contributed by atoms with van der Waals surface area (Å²) in [5.74, 6) is 1.47. The topological polar surface area (TPSA) is 60.6 Å². The number of anilines is 1. The molecule has 0 fully saturated rings. The third kappa shape index (κ3) is 4.98. The highest BCUT2D eigenvalue weighted by Crippen LogP contribution is 2.17. The minimum Gasteiger partial charge on any atom is -0.497 e. The zero-order valence-electron chi connectivity index (χ0n) is 16.8. The Kier molecular flexibility index (Phi) is 6.11. The maximum Gasteiger partial charge on any atom is 0.280 e. The number of aryl methyl sites for hydroxylation is 2. The van der Waals surface area contributed by atoms with Gasteiger partial charge >= 0.3 is 0 Å². The van der Waals surface area contributed by atoms with Gasteiger partial charge in [-0.1, -0.05) is 17.7 Å². The molecular formula is C22H27N4O2+. The van der Waals surface area contributed by atoms with Crippen molar-refractivity contribution in [2.45, 2.75) is 20.4 Å². The summed E-state index contributed by atoms with van der Waals surface area (Å²) < 4.78 is 6.95. The molecule has 1 amide bonds. The zero-order chi connectivity index (χ0) is 20.1. The molecule has 0 aliphatic rings. The van der Waals surface area contributed by atoms with Crippen molar-refractivity contribution in [3.63, 3.8) is 0 Å². The molecule has 0 aliphatic heterocycles. The van der Waals surface area contributed by atoms with E-state index in [9.17, 15) is 4.79 Å². The van der Waals surface area contributed by atoms with Crippen LogP contribution in [0.1, 0.15) is 16.8 Å². The van der Waals surface area contributed by atoms with Gasteiger partial charge < -0.3 is 15.0 Å². The Hall–Kier alpha value is -3.12. The Bertz CT molecular complexity index is 930. The first-order chi connectivity index (χ1) is 13.4. The summed E-state index contributed by atoms with van der Waals surface area (Å²) in [6.07, 6.45) is 0. The maximum atomic E-state index is 12.6. The molecule has 3 rings (SSSR count). The predicted molar refractivity (Wildman–Crippen MR) is 110 cm³/mol. The molecule has 6 nitrogen and oxygen atoms in total. The Balaban J connectivity index is 1.63. The van der Waals surface area contributed by atoms with Crippen LogP contribution in [0.15, 0.2) is 54.6 Å². The summed E-state index contributed by atoms with van der Waals surface area (Å²) >= 11 is 0. The molecule has 6 heteroatoms. The van der Waals surface area contributed by atoms with Crippen LogP contribution in [-0.2, 0) is 11.3 Å². The lowest BCUT2D eigenvalue weighted by atomic mass is 10.2. The summed E-state index contributed by atoms with van der Waals surface area (Å²) in [5, 5.41) is 7.51. The van der Waals surface area contributed by atoms with Crippen molar-refractivity contribution in [3.05, 3.63) is 71.4 Å². The van der Waals surface area contributed by atoms with E-state index in [4.69, 9.17) is 4.74 Å². The van der Waals surface area contributed by atoms with Gasteiger partial charge in [-0.2, -0.15) is 5.10 Å². The van der Waals surface area contributed by atoms with Crippen LogP contribution in [0.2, 0.25) is 0 Å². The highest BCUT2D eigenvalue weighted by Gasteiger charge is 2.15. The minimum absolute atomic E-state index is 0.0423. The molecule has 0 saturated carbocycles. The van der Waals surface area contributed by atoms with Crippen LogP contribution in [0.4, 0.5) is 5.82 Å². The van der Waals surface area contributed by atoms with Crippen LogP contribution >= 0.6 is 0 Å². The number of carbonyl (C=O) groups excluding carboxylic acids is 1. The van der Waals surface area contributed by atoms with Gasteiger partial charge in [0.1, 0.15) is 18.1 Å². The van der Waals surface area contributed by atoms with Crippen molar-refractivity contribution in [3.8, 4) is 11.4 Å². The van der Waals surface area contributed by atoms with E-state index in [0.29, 0.717) is 12.4 Å². The average molecular weight is 379 g/mol. The standard InChI is InChI=1S/C22H26N4O2/c1-16-5-9-19(10-6-16)26-21(13-17(2)24-26)23-22(27)15-25(3)14-18-7-11-20(28-4)12-8-18/h5-13H,14-15H2,1-4H3,(H,23,27)/p+1. The van der Waals surface area contributed by atoms with Gasteiger partial charge in [0.2, 0.25) is 0 Å². The number of amides is 1. The van der Waals surface area contributed by atoms with Crippen LogP contribution < -0.4 is 15.0 Å². The third-order valence-electron chi connectivity index (χ3n) is 4.50. The Morgan fingerprint density at radius 1 is 1.11 bits per heavy atom. The zero-order valence-corrected chi connectivity index (χ0v) is 16.8. The number of quaternary nitrogens is 1. The monoisotopic (exact) mass is 379 g/mol. The molecule has 2 aromatic carbocycles. The van der Waals surface area contributed by atoms with Gasteiger partial charge in [0.25, 0.3) is 5.91 Å². The number of ether oxygens (including phenoxy) is 1. The van der Waals surface area contributed by atoms with Crippen molar-refractivity contribution in [2.75, 3.05) is 26.0 Å². The number of rotatable bonds is 7. The van der Waals surface area contributed by atoms with Crippen LogP contribution in [0.25, 0.3) is 5.69 Å². The van der Waals surface area contributed by atoms with Crippen molar-refractivity contribution < 1.29 is 14.4 Å². The first-order valence-electron chi connectivity index (χ1n) is 9.32. The Morgan fingerprint density at radius 2 is 1.79 bits per heavy atom. The lowest BCUT2D eigenvalue weighted by molar-refractivity contribution is -0.885. The molecule has 3 aromatic rings. The van der Waals surface area contributed by atoms with E-state index >= 15 is 0 Å². The summed E-state index contributed by atoms with van der Waals surface area (Å²) in [7, 11) is 3.66. The number of likely N-dealkylation sites (N-methyl/N-ethyl adjacent to an activating group) is 1. The molecule has 1 heterocycles. The van der Waals surface area contributed by atoms with Crippen molar-refractivity contribution >= 4 is 11.7 Å². The highest BCUT2D eigenvalue weighted by molar-refractivity contribution is 5.91. The number of hydrogen-bond donors (Lipinski definition) is 2. The van der Waals surface area contributed by atoms with Gasteiger partial charge in [0, 0.05) is 11.6 Å². The SMILES string of the molecule is COc1ccc(C[NH+](C)CC(=O)Nc2cc(C)nn2-c2ccc(C)cc2)cc1. The van der Waals surface area contributed by atoms with Gasteiger partial charge in [0.15, 0.2) is 6.54 Å². The summed E-state index contributed by atoms with van der Waals surface area (Å²) in [4.78, 5) is 13.7. The predicted octanol–water partition coefficient (Wildman–Crippen LogP) is 2.15. The summed E-state index contributed by atoms with van der Waals surface area (Å²) in [6, 6.07) is 17.9. The third-order valence-corrected chi connectivity index (χ3v) is 4.50. The van der Waals surface area contributed by atoms with Gasteiger partial charge in [-0.3, -0.25) is 4.79 Å². The first-order valence-corrected chi connectivity index (χ1v) is 9.32. The molecule has 1 aromatic heterocycles. The van der Waals surface area contributed by atoms with E-state index in [2.05, 4.69) is 10.4 Å². The average Bonchev–Trinajstić information content (AvgIpc) is 3.02. The molecule has 0 radical (unpaired) electrons. The van der Waals surface area contributed by atoms with Gasteiger partial charge in [0.05, 0.1) is 25.5 Å². The molecule has 28 heavy (non-hydrogen) atoms. The molecule has 0 aliphatic carbocycles. The quantitative estimate of drug-likeness (QED) is 0.661. The highest BCUT2D eigenvalue weighted by atomic mass is 16.5. The van der Waals surface area contributed by atoms with E-state index in [-0.39, 0.29) is 5.91 Å². The number of hydrogen-bond acceptors (Lipinski definition) is 3. The second-order valence-electron chi connectivity index (χ2n) is 7.13. The second kappa shape index (κ2) is 8.71. The summed E-state index contributed by atoms with van der Waals surface area (Å²) in [6.45, 7) is 5.08. The molecule has 146 valence electrons. The van der Waals surface area contributed by atoms with E-state index in [1.807, 2.05) is 75.5 Å². The molecule has 2 N–H and O–H groups in total. The minimum atomic E-state index is -0.0423. The van der Waals surface area contributed by atoms with Gasteiger partial charge in [-0.25, -0.2) is 4.68 Å². The number of methoxy groups -OCH3 is 1. The number of nitrogens with one attached hydrogen (secondary N) is 2. The fraction of sp³-hybridized carbons (Fsp3) is 0.273. The lowest BCUT2D eigenvalue weighted by Crippen LogP contribution is -3.08. The molecule has 0 spiro atoms. The molecule has 0 bridgehead atoms. The molecule has 0 saturated heterocycles. The first kappa shape index (κ1) is 19.6. The van der Waals surface area contributed by atoms with Crippen LogP contribution in [-0.4, -0.2) is 36.4 Å². The van der Waals surface area contributed by atoms with Crippen LogP contribution in [0.3, 0.4) is 0 Å². The van der Waals surface area contributed by atoms with Crippen molar-refractivity contribution in [2.24, 2.45) is 0 Å². The van der Waals surface area contributed by atoms with E-state index in [1.54, 1.807) is 11.8 Å². The molecule has 1 unspecified atom stereocenters. The number of aromatic nitrogens is 2. The largest absolute Gasteiger partial charge is 0.497 e. The smallest absolute Gasteiger partial charge is 0.280 e. The fourth-order valence-electron chi connectivity index (χ4n) is 3.09. The molecule has 1 atom stereocenters. The van der Waals surface area contributed by atoms with E-state index < -0.39 is 0 Å². The fourth-order valence-corrected chi connectivity index (χ4v) is 3.09. The summed E-state index contributed by atoms with van der Waals surface area (Å²) in [5.41, 5.74) is 4.12. The van der Waals surface area contributed by atoms with E-state index in [0.717, 1.165) is 34.1 Å². The van der Waals surface area contributed by atoms with Crippen LogP contribution in [0.5, 0.6) is 5.75 Å². The number of benzene rings is 2. The van der Waals surface area contributed by atoms with Crippen molar-refractivity contribution in [1.82, 2.24) is 9.78 Å². The maximum absolute atomic E-state index is 12.6. The van der Waals surface area contributed by atoms with E-state index in [1.165, 1.54) is 5.56 Å². The lowest BCUT2D eigenvalue weighted by Gasteiger charge is -2.15. The van der Waals surface area contributed by atoms with Crippen LogP contribution in [0, 0.1) is 13.8 Å². The number of nitrogens with zero attached hydrogens (tertiary/aromatic N) is 2. The Labute approximate surface area is 165 Å². The number of carbonyl (C=O) groups is 1. The normalized spacial score (nSPS) is 11.9. The van der Waals surface area contributed by atoms with Gasteiger partial charge in [-0.05, 0) is 50.2 Å². The second-order valence-corrected chi connectivity index (χ2v) is 7.13.